The van der Waals surface area contributed by atoms with E-state index in [1.807, 2.05) is 0 Å². The molecule has 1 aliphatic rings. The molecule has 0 saturated heterocycles. The van der Waals surface area contributed by atoms with E-state index in [1.165, 1.54) is 6.07 Å². The molecule has 0 bridgehead atoms. The summed E-state index contributed by atoms with van der Waals surface area (Å²) >= 11 is 5.89. The molecular formula is C18H17ClN2O4. The summed E-state index contributed by atoms with van der Waals surface area (Å²) in [5, 5.41) is 13.3. The van der Waals surface area contributed by atoms with Gasteiger partial charge < -0.3 is 14.5 Å². The second-order valence-electron chi connectivity index (χ2n) is 6.17. The van der Waals surface area contributed by atoms with Crippen LogP contribution in [0.1, 0.15) is 42.7 Å². The number of hydrogen-bond donors (Lipinski definition) is 1. The molecule has 2 aromatic rings. The molecule has 1 fully saturated rings. The van der Waals surface area contributed by atoms with Crippen molar-refractivity contribution in [1.82, 2.24) is 5.32 Å². The third-order valence-corrected chi connectivity index (χ3v) is 4.55. The lowest BCUT2D eigenvalue weighted by Gasteiger charge is -2.31. The van der Waals surface area contributed by atoms with Crippen molar-refractivity contribution in [2.45, 2.75) is 37.6 Å². The maximum Gasteiger partial charge on any atom is 0.374 e. The van der Waals surface area contributed by atoms with Crippen LogP contribution in [0.4, 0.5) is 0 Å². The van der Waals surface area contributed by atoms with E-state index in [1.54, 1.807) is 18.2 Å². The topological polar surface area (TPSA) is 92.3 Å². The molecule has 1 aliphatic carbocycles. The third kappa shape index (κ3) is 3.94. The highest BCUT2D eigenvalue weighted by molar-refractivity contribution is 6.31. The van der Waals surface area contributed by atoms with Crippen molar-refractivity contribution in [1.29, 1.82) is 5.26 Å². The Bertz CT molecular complexity index is 846. The van der Waals surface area contributed by atoms with Crippen LogP contribution < -0.4 is 5.32 Å². The third-order valence-electron chi connectivity index (χ3n) is 4.31. The standard InChI is InChI=1S/C18H17ClN2O4/c19-13-4-5-14-12(8-13)9-15(25-14)17(23)24-10-16(22)21-18(11-20)6-2-1-3-7-18/h4-5,8-9H,1-3,6-7,10H2,(H,21,22). The summed E-state index contributed by atoms with van der Waals surface area (Å²) in [6.07, 6.45) is 4.09. The van der Waals surface area contributed by atoms with Gasteiger partial charge in [-0.2, -0.15) is 5.26 Å². The van der Waals surface area contributed by atoms with E-state index in [-0.39, 0.29) is 5.76 Å². The molecule has 1 aromatic heterocycles. The maximum absolute atomic E-state index is 12.1. The summed E-state index contributed by atoms with van der Waals surface area (Å²) in [4.78, 5) is 24.1. The van der Waals surface area contributed by atoms with Crippen LogP contribution in [0.25, 0.3) is 11.0 Å². The van der Waals surface area contributed by atoms with Crippen molar-refractivity contribution in [2.75, 3.05) is 6.61 Å². The summed E-state index contributed by atoms with van der Waals surface area (Å²) in [5.74, 6) is -1.23. The van der Waals surface area contributed by atoms with E-state index in [2.05, 4.69) is 11.4 Å². The van der Waals surface area contributed by atoms with Gasteiger partial charge in [-0.1, -0.05) is 30.9 Å². The van der Waals surface area contributed by atoms with Crippen molar-refractivity contribution < 1.29 is 18.7 Å². The second-order valence-corrected chi connectivity index (χ2v) is 6.61. The Hall–Kier alpha value is -2.52. The van der Waals surface area contributed by atoms with Crippen molar-refractivity contribution in [2.24, 2.45) is 0 Å². The fraction of sp³-hybridized carbons (Fsp3) is 0.389. The Morgan fingerprint density at radius 2 is 2.04 bits per heavy atom. The van der Waals surface area contributed by atoms with Crippen LogP contribution in [0.5, 0.6) is 0 Å². The number of rotatable bonds is 4. The first kappa shape index (κ1) is 17.3. The summed E-state index contributed by atoms with van der Waals surface area (Å²) in [7, 11) is 0. The fourth-order valence-corrected chi connectivity index (χ4v) is 3.22. The average Bonchev–Trinajstić information content (AvgIpc) is 3.03. The highest BCUT2D eigenvalue weighted by Crippen LogP contribution is 2.27. The SMILES string of the molecule is N#CC1(NC(=O)COC(=O)c2cc3cc(Cl)ccc3o2)CCCCC1. The van der Waals surface area contributed by atoms with Crippen LogP contribution >= 0.6 is 11.6 Å². The monoisotopic (exact) mass is 360 g/mol. The summed E-state index contributed by atoms with van der Waals surface area (Å²) in [6, 6.07) is 8.68. The van der Waals surface area contributed by atoms with Crippen LogP contribution in [0, 0.1) is 11.3 Å². The molecule has 0 radical (unpaired) electrons. The largest absolute Gasteiger partial charge is 0.450 e. The molecule has 25 heavy (non-hydrogen) atoms. The van der Waals surface area contributed by atoms with Crippen LogP contribution in [0.2, 0.25) is 5.02 Å². The zero-order valence-electron chi connectivity index (χ0n) is 13.5. The Kier molecular flexibility index (Phi) is 4.95. The predicted molar refractivity (Wildman–Crippen MR) is 91.1 cm³/mol. The van der Waals surface area contributed by atoms with Crippen LogP contribution in [0.15, 0.2) is 28.7 Å². The van der Waals surface area contributed by atoms with E-state index in [9.17, 15) is 14.9 Å². The Labute approximate surface area is 149 Å². The van der Waals surface area contributed by atoms with Gasteiger partial charge in [0.05, 0.1) is 6.07 Å². The van der Waals surface area contributed by atoms with Crippen LogP contribution in [-0.4, -0.2) is 24.0 Å². The second kappa shape index (κ2) is 7.16. The molecule has 6 nitrogen and oxygen atoms in total. The summed E-state index contributed by atoms with van der Waals surface area (Å²) in [5.41, 5.74) is -0.343. The maximum atomic E-state index is 12.1. The van der Waals surface area contributed by atoms with Gasteiger partial charge in [-0.25, -0.2) is 4.79 Å². The molecule has 1 amide bonds. The number of amides is 1. The lowest BCUT2D eigenvalue weighted by Crippen LogP contribution is -2.50. The van der Waals surface area contributed by atoms with Crippen molar-refractivity contribution in [3.05, 3.63) is 35.0 Å². The molecular weight excluding hydrogens is 344 g/mol. The molecule has 1 saturated carbocycles. The van der Waals surface area contributed by atoms with Gasteiger partial charge in [0.1, 0.15) is 11.1 Å². The van der Waals surface area contributed by atoms with Gasteiger partial charge in [0, 0.05) is 10.4 Å². The molecule has 130 valence electrons. The molecule has 0 unspecified atom stereocenters. The van der Waals surface area contributed by atoms with Gasteiger partial charge in [-0.05, 0) is 37.1 Å². The number of furan rings is 1. The molecule has 0 spiro atoms. The number of nitrogens with zero attached hydrogens (tertiary/aromatic N) is 1. The van der Waals surface area contributed by atoms with E-state index in [0.29, 0.717) is 28.8 Å². The molecule has 1 heterocycles. The zero-order valence-corrected chi connectivity index (χ0v) is 14.3. The summed E-state index contributed by atoms with van der Waals surface area (Å²) < 4.78 is 10.4. The number of esters is 1. The number of fused-ring (bicyclic) bond motifs is 1. The van der Waals surface area contributed by atoms with Crippen molar-refractivity contribution in [3.63, 3.8) is 0 Å². The van der Waals surface area contributed by atoms with E-state index >= 15 is 0 Å². The fourth-order valence-electron chi connectivity index (χ4n) is 3.04. The number of ether oxygens (including phenoxy) is 1. The number of nitrogens with one attached hydrogen (secondary N) is 1. The van der Waals surface area contributed by atoms with Gasteiger partial charge >= 0.3 is 5.97 Å². The van der Waals surface area contributed by atoms with E-state index < -0.39 is 24.0 Å². The van der Waals surface area contributed by atoms with Gasteiger partial charge in [0.2, 0.25) is 5.76 Å². The first-order valence-electron chi connectivity index (χ1n) is 8.10. The Balaban J connectivity index is 1.59. The van der Waals surface area contributed by atoms with Gasteiger partial charge in [-0.3, -0.25) is 4.79 Å². The van der Waals surface area contributed by atoms with Gasteiger partial charge in [-0.15, -0.1) is 0 Å². The minimum Gasteiger partial charge on any atom is -0.450 e. The highest BCUT2D eigenvalue weighted by Gasteiger charge is 2.33. The normalized spacial score (nSPS) is 16.2. The van der Waals surface area contributed by atoms with Crippen molar-refractivity contribution in [3.8, 4) is 6.07 Å². The number of carbonyl (C=O) groups excluding carboxylic acids is 2. The molecule has 0 aliphatic heterocycles. The Morgan fingerprint density at radius 3 is 2.76 bits per heavy atom. The smallest absolute Gasteiger partial charge is 0.374 e. The first-order valence-corrected chi connectivity index (χ1v) is 8.48. The highest BCUT2D eigenvalue weighted by atomic mass is 35.5. The molecule has 1 N–H and O–H groups in total. The molecule has 3 rings (SSSR count). The number of hydrogen-bond acceptors (Lipinski definition) is 5. The number of benzene rings is 1. The molecule has 1 aromatic carbocycles. The predicted octanol–water partition coefficient (Wildman–Crippen LogP) is 3.59. The number of carbonyl (C=O) groups is 2. The van der Waals surface area contributed by atoms with Gasteiger partial charge in [0.15, 0.2) is 6.61 Å². The van der Waals surface area contributed by atoms with Gasteiger partial charge in [0.25, 0.3) is 5.91 Å². The summed E-state index contributed by atoms with van der Waals surface area (Å²) in [6.45, 7) is -0.458. The minimum atomic E-state index is -0.849. The van der Waals surface area contributed by atoms with Crippen LogP contribution in [-0.2, 0) is 9.53 Å². The lowest BCUT2D eigenvalue weighted by atomic mass is 9.83. The van der Waals surface area contributed by atoms with Crippen molar-refractivity contribution >= 4 is 34.4 Å². The minimum absolute atomic E-state index is 0.00210. The molecule has 0 atom stereocenters. The van der Waals surface area contributed by atoms with Crippen LogP contribution in [0.3, 0.4) is 0 Å². The first-order chi connectivity index (χ1) is 12.0. The number of nitriles is 1. The Morgan fingerprint density at radius 1 is 1.28 bits per heavy atom. The quantitative estimate of drug-likeness (QED) is 0.841. The zero-order chi connectivity index (χ0) is 17.9. The van der Waals surface area contributed by atoms with E-state index in [4.69, 9.17) is 20.8 Å². The number of halogens is 1. The molecule has 7 heteroatoms. The average molecular weight is 361 g/mol. The lowest BCUT2D eigenvalue weighted by molar-refractivity contribution is -0.126. The van der Waals surface area contributed by atoms with E-state index in [0.717, 1.165) is 19.3 Å².